The third-order valence-corrected chi connectivity index (χ3v) is 5.20. The van der Waals surface area contributed by atoms with Crippen molar-refractivity contribution < 1.29 is 4.79 Å². The van der Waals surface area contributed by atoms with Crippen molar-refractivity contribution in [1.82, 2.24) is 10.2 Å². The van der Waals surface area contributed by atoms with Crippen molar-refractivity contribution in [2.75, 3.05) is 19.6 Å². The van der Waals surface area contributed by atoms with E-state index >= 15 is 0 Å². The topological polar surface area (TPSA) is 32.3 Å². The van der Waals surface area contributed by atoms with Gasteiger partial charge in [-0.2, -0.15) is 0 Å². The van der Waals surface area contributed by atoms with Crippen molar-refractivity contribution in [3.8, 4) is 0 Å². The number of nitrogens with one attached hydrogen (secondary N) is 1. The fourth-order valence-corrected chi connectivity index (χ4v) is 4.00. The second-order valence-corrected chi connectivity index (χ2v) is 7.00. The van der Waals surface area contributed by atoms with E-state index in [4.69, 9.17) is 0 Å². The number of hydrogen-bond acceptors (Lipinski definition) is 2. The van der Waals surface area contributed by atoms with Crippen LogP contribution >= 0.6 is 0 Å². The Kier molecular flexibility index (Phi) is 5.14. The van der Waals surface area contributed by atoms with Gasteiger partial charge in [-0.05, 0) is 50.9 Å². The first kappa shape index (κ1) is 15.5. The van der Waals surface area contributed by atoms with Gasteiger partial charge in [0.05, 0.1) is 5.54 Å². The Hall–Kier alpha value is -1.35. The highest BCUT2D eigenvalue weighted by molar-refractivity contribution is 5.94. The standard InChI is InChI=1S/C19H28N2O/c22-18(17-10-4-1-5-11-17)20-19(12-6-2-7-13-19)16-21-14-8-3-9-15-21/h1,4-5,10-11H,2-3,6-9,12-16H2,(H,20,22). The second kappa shape index (κ2) is 7.28. The Morgan fingerprint density at radius 3 is 2.27 bits per heavy atom. The van der Waals surface area contributed by atoms with Crippen LogP contribution in [-0.2, 0) is 0 Å². The number of carbonyl (C=O) groups is 1. The van der Waals surface area contributed by atoms with E-state index in [2.05, 4.69) is 10.2 Å². The fraction of sp³-hybridized carbons (Fsp3) is 0.632. The van der Waals surface area contributed by atoms with Crippen LogP contribution in [0.25, 0.3) is 0 Å². The highest BCUT2D eigenvalue weighted by atomic mass is 16.1. The Morgan fingerprint density at radius 2 is 1.59 bits per heavy atom. The molecule has 1 amide bonds. The maximum atomic E-state index is 12.6. The van der Waals surface area contributed by atoms with Crippen molar-refractivity contribution in [3.63, 3.8) is 0 Å². The van der Waals surface area contributed by atoms with Crippen LogP contribution in [0.3, 0.4) is 0 Å². The van der Waals surface area contributed by atoms with Gasteiger partial charge in [0.15, 0.2) is 0 Å². The van der Waals surface area contributed by atoms with E-state index in [0.717, 1.165) is 24.9 Å². The summed E-state index contributed by atoms with van der Waals surface area (Å²) in [6.45, 7) is 3.43. The Morgan fingerprint density at radius 1 is 0.955 bits per heavy atom. The lowest BCUT2D eigenvalue weighted by atomic mass is 9.80. The minimum absolute atomic E-state index is 0.0114. The number of hydrogen-bond donors (Lipinski definition) is 1. The smallest absolute Gasteiger partial charge is 0.251 e. The molecule has 1 saturated heterocycles. The third kappa shape index (κ3) is 3.89. The summed E-state index contributed by atoms with van der Waals surface area (Å²) in [5.74, 6) is 0.0968. The van der Waals surface area contributed by atoms with Gasteiger partial charge in [-0.1, -0.05) is 43.9 Å². The number of nitrogens with zero attached hydrogens (tertiary/aromatic N) is 1. The molecule has 2 aliphatic rings. The zero-order chi connectivity index (χ0) is 15.3. The largest absolute Gasteiger partial charge is 0.345 e. The van der Waals surface area contributed by atoms with E-state index in [9.17, 15) is 4.79 Å². The predicted molar refractivity (Wildman–Crippen MR) is 90.0 cm³/mol. The van der Waals surface area contributed by atoms with E-state index in [0.29, 0.717) is 0 Å². The third-order valence-electron chi connectivity index (χ3n) is 5.20. The molecule has 1 aromatic carbocycles. The molecule has 0 aromatic heterocycles. The number of likely N-dealkylation sites (tertiary alicyclic amines) is 1. The molecule has 3 rings (SSSR count). The summed E-state index contributed by atoms with van der Waals surface area (Å²) in [7, 11) is 0. The van der Waals surface area contributed by atoms with Crippen LogP contribution in [0.15, 0.2) is 30.3 Å². The van der Waals surface area contributed by atoms with Crippen LogP contribution in [0, 0.1) is 0 Å². The van der Waals surface area contributed by atoms with Crippen LogP contribution < -0.4 is 5.32 Å². The molecule has 1 N–H and O–H groups in total. The maximum absolute atomic E-state index is 12.6. The minimum atomic E-state index is -0.0114. The molecule has 3 nitrogen and oxygen atoms in total. The van der Waals surface area contributed by atoms with E-state index < -0.39 is 0 Å². The van der Waals surface area contributed by atoms with Gasteiger partial charge in [-0.15, -0.1) is 0 Å². The molecule has 1 saturated carbocycles. The van der Waals surface area contributed by atoms with E-state index in [1.807, 2.05) is 30.3 Å². The lowest BCUT2D eigenvalue weighted by Gasteiger charge is -2.43. The quantitative estimate of drug-likeness (QED) is 0.921. The Balaban J connectivity index is 1.69. The summed E-state index contributed by atoms with van der Waals surface area (Å²) in [5, 5.41) is 3.42. The minimum Gasteiger partial charge on any atom is -0.345 e. The van der Waals surface area contributed by atoms with E-state index in [1.165, 1.54) is 51.6 Å². The SMILES string of the molecule is O=C(NC1(CN2CCCCC2)CCCCC1)c1ccccc1. The molecule has 0 bridgehead atoms. The van der Waals surface area contributed by atoms with E-state index in [-0.39, 0.29) is 11.4 Å². The molecular formula is C19H28N2O. The number of benzene rings is 1. The van der Waals surface area contributed by atoms with Gasteiger partial charge in [-0.3, -0.25) is 4.79 Å². The summed E-state index contributed by atoms with van der Waals surface area (Å²) in [4.78, 5) is 15.2. The van der Waals surface area contributed by atoms with Gasteiger partial charge in [0, 0.05) is 12.1 Å². The Labute approximate surface area is 134 Å². The van der Waals surface area contributed by atoms with Crippen molar-refractivity contribution in [1.29, 1.82) is 0 Å². The molecule has 0 spiro atoms. The fourth-order valence-electron chi connectivity index (χ4n) is 4.00. The average Bonchev–Trinajstić information content (AvgIpc) is 2.57. The summed E-state index contributed by atoms with van der Waals surface area (Å²) < 4.78 is 0. The van der Waals surface area contributed by atoms with Crippen molar-refractivity contribution in [2.24, 2.45) is 0 Å². The van der Waals surface area contributed by atoms with Crippen molar-refractivity contribution >= 4 is 5.91 Å². The molecule has 120 valence electrons. The van der Waals surface area contributed by atoms with Crippen LogP contribution in [0.5, 0.6) is 0 Å². The number of rotatable bonds is 4. The predicted octanol–water partition coefficient (Wildman–Crippen LogP) is 3.61. The summed E-state index contributed by atoms with van der Waals surface area (Å²) in [5.41, 5.74) is 0.772. The van der Waals surface area contributed by atoms with Gasteiger partial charge < -0.3 is 10.2 Å². The number of carbonyl (C=O) groups excluding carboxylic acids is 1. The van der Waals surface area contributed by atoms with Gasteiger partial charge in [0.1, 0.15) is 0 Å². The van der Waals surface area contributed by atoms with Crippen LogP contribution in [0.1, 0.15) is 61.7 Å². The molecule has 1 aliphatic carbocycles. The number of amides is 1. The molecule has 0 radical (unpaired) electrons. The molecule has 0 unspecified atom stereocenters. The molecule has 1 aliphatic heterocycles. The summed E-state index contributed by atoms with van der Waals surface area (Å²) >= 11 is 0. The lowest BCUT2D eigenvalue weighted by Crippen LogP contribution is -2.57. The normalized spacial score (nSPS) is 22.2. The van der Waals surface area contributed by atoms with Crippen LogP contribution in [0.2, 0.25) is 0 Å². The van der Waals surface area contributed by atoms with Crippen molar-refractivity contribution in [3.05, 3.63) is 35.9 Å². The molecule has 1 aromatic rings. The Bertz CT molecular complexity index is 473. The summed E-state index contributed by atoms with van der Waals surface area (Å²) in [6, 6.07) is 9.65. The zero-order valence-corrected chi connectivity index (χ0v) is 13.5. The molecule has 2 fully saturated rings. The van der Waals surface area contributed by atoms with Gasteiger partial charge in [-0.25, -0.2) is 0 Å². The maximum Gasteiger partial charge on any atom is 0.251 e. The molecule has 3 heteroatoms. The highest BCUT2D eigenvalue weighted by Crippen LogP contribution is 2.30. The van der Waals surface area contributed by atoms with Crippen LogP contribution in [-0.4, -0.2) is 36.0 Å². The highest BCUT2D eigenvalue weighted by Gasteiger charge is 2.35. The van der Waals surface area contributed by atoms with Gasteiger partial charge in [0.2, 0.25) is 0 Å². The zero-order valence-electron chi connectivity index (χ0n) is 13.5. The first-order chi connectivity index (χ1) is 10.8. The van der Waals surface area contributed by atoms with E-state index in [1.54, 1.807) is 0 Å². The second-order valence-electron chi connectivity index (χ2n) is 7.00. The molecule has 1 heterocycles. The first-order valence-corrected chi connectivity index (χ1v) is 8.87. The van der Waals surface area contributed by atoms with Crippen molar-refractivity contribution in [2.45, 2.75) is 56.9 Å². The molecule has 0 atom stereocenters. The first-order valence-electron chi connectivity index (χ1n) is 8.87. The molecule has 22 heavy (non-hydrogen) atoms. The average molecular weight is 300 g/mol. The molecular weight excluding hydrogens is 272 g/mol. The number of piperidine rings is 1. The summed E-state index contributed by atoms with van der Waals surface area (Å²) in [6.07, 6.45) is 10.0. The monoisotopic (exact) mass is 300 g/mol. The van der Waals surface area contributed by atoms with Gasteiger partial charge in [0.25, 0.3) is 5.91 Å². The van der Waals surface area contributed by atoms with Gasteiger partial charge >= 0.3 is 0 Å². The van der Waals surface area contributed by atoms with Crippen LogP contribution in [0.4, 0.5) is 0 Å². The lowest BCUT2D eigenvalue weighted by molar-refractivity contribution is 0.0783.